The van der Waals surface area contributed by atoms with E-state index in [0.717, 1.165) is 17.9 Å². The molecule has 3 atom stereocenters. The number of fused-ring (bicyclic) bond motifs is 1. The van der Waals surface area contributed by atoms with Crippen LogP contribution in [0.15, 0.2) is 24.4 Å². The molecule has 0 amide bonds. The molecule has 2 nitrogen and oxygen atoms in total. The normalized spacial score (nSPS) is 38.1. The zero-order chi connectivity index (χ0) is 10.5. The molecular formula is C13H19N2+. The quantitative estimate of drug-likeness (QED) is 0.531. The number of piperidine rings is 1. The third-order valence-electron chi connectivity index (χ3n) is 4.33. The van der Waals surface area contributed by atoms with E-state index in [2.05, 4.69) is 31.0 Å². The highest BCUT2D eigenvalue weighted by atomic mass is 15.5. The van der Waals surface area contributed by atoms with E-state index in [0.29, 0.717) is 0 Å². The summed E-state index contributed by atoms with van der Waals surface area (Å²) >= 11 is 0. The number of rotatable bonds is 2. The molecule has 0 aliphatic carbocycles. The van der Waals surface area contributed by atoms with E-state index < -0.39 is 0 Å². The Morgan fingerprint density at radius 2 is 2.27 bits per heavy atom. The van der Waals surface area contributed by atoms with E-state index in [9.17, 15) is 0 Å². The van der Waals surface area contributed by atoms with Crippen LogP contribution in [-0.4, -0.2) is 24.1 Å². The van der Waals surface area contributed by atoms with Gasteiger partial charge >= 0.3 is 0 Å². The number of nitrogens with zero attached hydrogens (tertiary/aromatic N) is 2. The minimum Gasteiger partial charge on any atom is -0.262 e. The molecule has 3 heterocycles. The van der Waals surface area contributed by atoms with Crippen molar-refractivity contribution in [2.24, 2.45) is 11.8 Å². The second kappa shape index (κ2) is 3.05. The molecule has 3 unspecified atom stereocenters. The van der Waals surface area contributed by atoms with Gasteiger partial charge in [0, 0.05) is 24.6 Å². The molecule has 15 heavy (non-hydrogen) atoms. The summed E-state index contributed by atoms with van der Waals surface area (Å²) in [7, 11) is 0. The summed E-state index contributed by atoms with van der Waals surface area (Å²) in [6, 6.07) is 7.20. The predicted octanol–water partition coefficient (Wildman–Crippen LogP) is 2.45. The van der Waals surface area contributed by atoms with Gasteiger partial charge in [0.1, 0.15) is 12.6 Å². The number of quaternary nitrogens is 1. The molecule has 0 N–H and O–H groups in total. The highest BCUT2D eigenvalue weighted by Crippen LogP contribution is 2.50. The molecule has 2 heteroatoms. The molecule has 2 aliphatic heterocycles. The topological polar surface area (TPSA) is 12.9 Å². The minimum absolute atomic E-state index is 0.834. The third kappa shape index (κ3) is 1.24. The van der Waals surface area contributed by atoms with E-state index in [1.54, 1.807) is 0 Å². The zero-order valence-electron chi connectivity index (χ0n) is 9.56. The first-order chi connectivity index (χ1) is 7.24. The smallest absolute Gasteiger partial charge is 0.228 e. The first-order valence-corrected chi connectivity index (χ1v) is 6.02. The fourth-order valence-electron chi connectivity index (χ4n) is 3.39. The van der Waals surface area contributed by atoms with Crippen molar-refractivity contribution >= 4 is 5.82 Å². The fraction of sp³-hybridized carbons (Fsp3) is 0.615. The molecule has 0 saturated carbocycles. The summed E-state index contributed by atoms with van der Waals surface area (Å²) in [5, 5.41) is 0. The largest absolute Gasteiger partial charge is 0.262 e. The Hall–Kier alpha value is -0.890. The van der Waals surface area contributed by atoms with Crippen LogP contribution in [0.2, 0.25) is 0 Å². The van der Waals surface area contributed by atoms with Gasteiger partial charge in [-0.2, -0.15) is 0 Å². The van der Waals surface area contributed by atoms with Crippen molar-refractivity contribution in [1.82, 2.24) is 9.47 Å². The predicted molar refractivity (Wildman–Crippen MR) is 62.5 cm³/mol. The molecule has 0 aromatic carbocycles. The van der Waals surface area contributed by atoms with E-state index in [-0.39, 0.29) is 0 Å². The summed E-state index contributed by atoms with van der Waals surface area (Å²) in [5.41, 5.74) is 0. The van der Waals surface area contributed by atoms with E-state index in [4.69, 9.17) is 0 Å². The van der Waals surface area contributed by atoms with Gasteiger partial charge in [-0.15, -0.1) is 0 Å². The number of aromatic nitrogens is 1. The Morgan fingerprint density at radius 3 is 2.80 bits per heavy atom. The third-order valence-corrected chi connectivity index (χ3v) is 4.33. The monoisotopic (exact) mass is 203 g/mol. The molecule has 2 saturated heterocycles. The number of pyridine rings is 1. The lowest BCUT2D eigenvalue weighted by molar-refractivity contribution is 0.394. The van der Waals surface area contributed by atoms with Gasteiger partial charge < -0.3 is 0 Å². The summed E-state index contributed by atoms with van der Waals surface area (Å²) in [6.45, 7) is 7.37. The Bertz CT molecular complexity index is 360. The van der Waals surface area contributed by atoms with Gasteiger partial charge in [-0.05, 0) is 12.0 Å². The summed E-state index contributed by atoms with van der Waals surface area (Å²) in [4.78, 5) is 4.54. The highest BCUT2D eigenvalue weighted by Gasteiger charge is 2.65. The van der Waals surface area contributed by atoms with Crippen LogP contribution in [0.4, 0.5) is 5.82 Å². The average Bonchev–Trinajstić information content (AvgIpc) is 2.87. The molecule has 3 rings (SSSR count). The van der Waals surface area contributed by atoms with Crippen molar-refractivity contribution in [1.29, 1.82) is 0 Å². The average molecular weight is 203 g/mol. The summed E-state index contributed by atoms with van der Waals surface area (Å²) in [6.07, 6.45) is 3.32. The van der Waals surface area contributed by atoms with Crippen molar-refractivity contribution in [3.63, 3.8) is 0 Å². The lowest BCUT2D eigenvalue weighted by Gasteiger charge is -2.12. The van der Waals surface area contributed by atoms with Crippen molar-refractivity contribution in [3.8, 4) is 0 Å². The van der Waals surface area contributed by atoms with Crippen molar-refractivity contribution in [3.05, 3.63) is 24.4 Å². The maximum absolute atomic E-state index is 4.54. The van der Waals surface area contributed by atoms with Gasteiger partial charge in [0.2, 0.25) is 5.82 Å². The molecule has 0 radical (unpaired) electrons. The lowest BCUT2D eigenvalue weighted by Crippen LogP contribution is -2.26. The molecule has 2 fully saturated rings. The Morgan fingerprint density at radius 1 is 1.40 bits per heavy atom. The van der Waals surface area contributed by atoms with E-state index >= 15 is 0 Å². The number of hydrogen-bond acceptors (Lipinski definition) is 1. The van der Waals surface area contributed by atoms with Crippen LogP contribution in [0.1, 0.15) is 20.3 Å². The maximum Gasteiger partial charge on any atom is 0.228 e. The highest BCUT2D eigenvalue weighted by molar-refractivity contribution is 5.44. The Labute approximate surface area is 91.5 Å². The van der Waals surface area contributed by atoms with Gasteiger partial charge in [-0.3, -0.25) is 4.48 Å². The van der Waals surface area contributed by atoms with Crippen molar-refractivity contribution in [2.45, 2.75) is 26.3 Å². The lowest BCUT2D eigenvalue weighted by atomic mass is 9.91. The van der Waals surface area contributed by atoms with Gasteiger partial charge in [0.25, 0.3) is 0 Å². The summed E-state index contributed by atoms with van der Waals surface area (Å²) < 4.78 is 1.18. The second-order valence-electron chi connectivity index (χ2n) is 5.39. The van der Waals surface area contributed by atoms with Crippen LogP contribution in [0.25, 0.3) is 0 Å². The molecule has 0 spiro atoms. The van der Waals surface area contributed by atoms with Gasteiger partial charge in [-0.1, -0.05) is 19.9 Å². The van der Waals surface area contributed by atoms with Crippen molar-refractivity contribution < 1.29 is 0 Å². The van der Waals surface area contributed by atoms with Crippen LogP contribution in [0.3, 0.4) is 0 Å². The molecule has 1 aromatic heterocycles. The van der Waals surface area contributed by atoms with E-state index in [1.165, 1.54) is 29.8 Å². The Kier molecular flexibility index (Phi) is 1.90. The SMILES string of the molecule is CC(C)C1CC[N+]2(c3ccccn3)CC12. The zero-order valence-corrected chi connectivity index (χ0v) is 9.56. The standard InChI is InChI=1S/C13H19N2/c1-10(2)11-6-8-15(9-12(11)15)13-5-3-4-7-14-13/h3-5,7,10-12H,6,8-9H2,1-2H3/q+1. The van der Waals surface area contributed by atoms with Crippen LogP contribution in [0, 0.1) is 11.8 Å². The number of hydrogen-bond donors (Lipinski definition) is 0. The van der Waals surface area contributed by atoms with Crippen molar-refractivity contribution in [2.75, 3.05) is 13.1 Å². The van der Waals surface area contributed by atoms with Crippen LogP contribution in [-0.2, 0) is 0 Å². The summed E-state index contributed by atoms with van der Waals surface area (Å²) in [5.74, 6) is 3.05. The fourth-order valence-corrected chi connectivity index (χ4v) is 3.39. The minimum atomic E-state index is 0.834. The Balaban J connectivity index is 1.87. The molecule has 1 aromatic rings. The maximum atomic E-state index is 4.54. The molecular weight excluding hydrogens is 184 g/mol. The molecule has 80 valence electrons. The van der Waals surface area contributed by atoms with Gasteiger partial charge in [-0.25, -0.2) is 4.98 Å². The molecule has 2 aliphatic rings. The van der Waals surface area contributed by atoms with Gasteiger partial charge in [0.15, 0.2) is 0 Å². The first kappa shape index (κ1) is 9.34. The van der Waals surface area contributed by atoms with Crippen LogP contribution < -0.4 is 4.48 Å². The van der Waals surface area contributed by atoms with Gasteiger partial charge in [0.05, 0.1) is 6.54 Å². The first-order valence-electron chi connectivity index (χ1n) is 6.02. The van der Waals surface area contributed by atoms with E-state index in [1.807, 2.05) is 12.3 Å². The molecule has 0 bridgehead atoms. The van der Waals surface area contributed by atoms with Crippen LogP contribution in [0.5, 0.6) is 0 Å². The second-order valence-corrected chi connectivity index (χ2v) is 5.39. The van der Waals surface area contributed by atoms with Crippen LogP contribution >= 0.6 is 0 Å².